The lowest BCUT2D eigenvalue weighted by Gasteiger charge is -2.06. The highest BCUT2D eigenvalue weighted by Crippen LogP contribution is 2.22. The quantitative estimate of drug-likeness (QED) is 0.601. The number of H-pyrrole nitrogens is 1. The fraction of sp³-hybridized carbons (Fsp3) is 0. The molecule has 0 saturated heterocycles. The number of rotatable bonds is 4. The van der Waals surface area contributed by atoms with Gasteiger partial charge in [-0.15, -0.1) is 0 Å². The lowest BCUT2D eigenvalue weighted by Crippen LogP contribution is -2.17. The van der Waals surface area contributed by atoms with Crippen molar-refractivity contribution in [1.29, 1.82) is 0 Å². The number of nitrogens with one attached hydrogen (secondary N) is 2. The zero-order chi connectivity index (χ0) is 17.1. The molecule has 0 radical (unpaired) electrons. The molecule has 0 atom stereocenters. The van der Waals surface area contributed by atoms with E-state index in [9.17, 15) is 4.79 Å². The first-order valence-corrected chi connectivity index (χ1v) is 7.83. The molecule has 0 aliphatic rings. The van der Waals surface area contributed by atoms with Crippen LogP contribution < -0.4 is 5.32 Å². The number of anilines is 1. The van der Waals surface area contributed by atoms with Gasteiger partial charge in [0.2, 0.25) is 5.95 Å². The van der Waals surface area contributed by atoms with Crippen molar-refractivity contribution in [3.8, 4) is 16.9 Å². The summed E-state index contributed by atoms with van der Waals surface area (Å²) in [5, 5.41) is 7.37. The number of carbonyl (C=O) groups excluding carboxylic acids is 1. The van der Waals surface area contributed by atoms with E-state index in [1.807, 2.05) is 60.7 Å². The topological polar surface area (TPSA) is 75.6 Å². The van der Waals surface area contributed by atoms with Crippen molar-refractivity contribution >= 4 is 11.9 Å². The van der Waals surface area contributed by atoms with E-state index in [4.69, 9.17) is 0 Å². The summed E-state index contributed by atoms with van der Waals surface area (Å²) in [5.74, 6) is 0.112. The molecule has 0 fully saturated rings. The van der Waals surface area contributed by atoms with Gasteiger partial charge in [-0.3, -0.25) is 10.1 Å². The van der Waals surface area contributed by atoms with Crippen molar-refractivity contribution in [3.63, 3.8) is 0 Å². The molecule has 6 heteroatoms. The normalized spacial score (nSPS) is 10.6. The average Bonchev–Trinajstić information content (AvgIpc) is 3.33. The van der Waals surface area contributed by atoms with Gasteiger partial charge in [-0.25, -0.2) is 9.67 Å². The van der Waals surface area contributed by atoms with Crippen molar-refractivity contribution < 1.29 is 4.79 Å². The molecule has 4 rings (SSSR count). The van der Waals surface area contributed by atoms with Crippen molar-refractivity contribution in [1.82, 2.24) is 19.7 Å². The molecule has 2 N–H and O–H groups in total. The molecule has 6 nitrogen and oxygen atoms in total. The highest BCUT2D eigenvalue weighted by molar-refractivity contribution is 6.03. The number of hydrogen-bond acceptors (Lipinski definition) is 3. The third-order valence-corrected chi connectivity index (χ3v) is 3.74. The van der Waals surface area contributed by atoms with E-state index in [-0.39, 0.29) is 5.91 Å². The van der Waals surface area contributed by atoms with Gasteiger partial charge in [0.25, 0.3) is 5.91 Å². The summed E-state index contributed by atoms with van der Waals surface area (Å²) in [7, 11) is 0. The minimum Gasteiger partial charge on any atom is -0.331 e. The summed E-state index contributed by atoms with van der Waals surface area (Å²) in [4.78, 5) is 19.6. The number of benzene rings is 2. The standard InChI is InChI=1S/C19H15N5O/c25-18(22-19-20-11-12-21-19)17-13-16(14-7-3-1-4-8-14)23-24(17)15-9-5-2-6-10-15/h1-13H,(H2,20,21,22,25). The van der Waals surface area contributed by atoms with Crippen LogP contribution in [0.1, 0.15) is 10.5 Å². The summed E-state index contributed by atoms with van der Waals surface area (Å²) in [6.45, 7) is 0. The van der Waals surface area contributed by atoms with Crippen molar-refractivity contribution in [2.75, 3.05) is 5.32 Å². The Morgan fingerprint density at radius 2 is 1.72 bits per heavy atom. The van der Waals surface area contributed by atoms with Crippen LogP contribution in [0.4, 0.5) is 5.95 Å². The maximum Gasteiger partial charge on any atom is 0.276 e. The van der Waals surface area contributed by atoms with Gasteiger partial charge in [0, 0.05) is 18.0 Å². The van der Waals surface area contributed by atoms with Crippen LogP contribution in [0.15, 0.2) is 79.1 Å². The Morgan fingerprint density at radius 1 is 1.00 bits per heavy atom. The number of amides is 1. The highest BCUT2D eigenvalue weighted by Gasteiger charge is 2.18. The maximum absolute atomic E-state index is 12.7. The monoisotopic (exact) mass is 329 g/mol. The molecular weight excluding hydrogens is 314 g/mol. The van der Waals surface area contributed by atoms with Crippen molar-refractivity contribution in [3.05, 3.63) is 84.8 Å². The van der Waals surface area contributed by atoms with E-state index in [2.05, 4.69) is 20.4 Å². The SMILES string of the molecule is O=C(Nc1ncc[nH]1)c1cc(-c2ccccc2)nn1-c1ccccc1. The van der Waals surface area contributed by atoms with E-state index in [1.165, 1.54) is 0 Å². The second-order valence-corrected chi connectivity index (χ2v) is 5.42. The van der Waals surface area contributed by atoms with Crippen LogP contribution in [0.2, 0.25) is 0 Å². The molecule has 0 unspecified atom stereocenters. The number of nitrogens with zero attached hydrogens (tertiary/aromatic N) is 3. The molecule has 25 heavy (non-hydrogen) atoms. The molecule has 0 aliphatic carbocycles. The molecule has 0 bridgehead atoms. The number of imidazole rings is 1. The fourth-order valence-corrected chi connectivity index (χ4v) is 2.56. The molecule has 0 aliphatic heterocycles. The second-order valence-electron chi connectivity index (χ2n) is 5.42. The Kier molecular flexibility index (Phi) is 3.84. The Bertz CT molecular complexity index is 975. The van der Waals surface area contributed by atoms with Gasteiger partial charge in [-0.05, 0) is 18.2 Å². The van der Waals surface area contributed by atoms with Gasteiger partial charge < -0.3 is 4.98 Å². The summed E-state index contributed by atoms with van der Waals surface area (Å²) >= 11 is 0. The number of aromatic nitrogens is 4. The van der Waals surface area contributed by atoms with Crippen molar-refractivity contribution in [2.24, 2.45) is 0 Å². The molecule has 0 spiro atoms. The van der Waals surface area contributed by atoms with Gasteiger partial charge in [0.1, 0.15) is 5.69 Å². The van der Waals surface area contributed by atoms with E-state index in [0.717, 1.165) is 16.9 Å². The minimum absolute atomic E-state index is 0.284. The summed E-state index contributed by atoms with van der Waals surface area (Å²) in [6, 6.07) is 21.1. The van der Waals surface area contributed by atoms with Crippen LogP contribution in [-0.2, 0) is 0 Å². The molecule has 0 saturated carbocycles. The third kappa shape index (κ3) is 3.05. The molecule has 2 heterocycles. The Labute approximate surface area is 144 Å². The van der Waals surface area contributed by atoms with Gasteiger partial charge >= 0.3 is 0 Å². The van der Waals surface area contributed by atoms with E-state index in [0.29, 0.717) is 11.6 Å². The maximum atomic E-state index is 12.7. The number of carbonyl (C=O) groups is 1. The predicted octanol–water partition coefficient (Wildman–Crippen LogP) is 3.51. The first-order valence-electron chi connectivity index (χ1n) is 7.83. The van der Waals surface area contributed by atoms with Crippen LogP contribution in [0.5, 0.6) is 0 Å². The summed E-state index contributed by atoms with van der Waals surface area (Å²) < 4.78 is 1.64. The zero-order valence-corrected chi connectivity index (χ0v) is 13.3. The predicted molar refractivity (Wildman–Crippen MR) is 95.5 cm³/mol. The summed E-state index contributed by atoms with van der Waals surface area (Å²) in [6.07, 6.45) is 3.24. The van der Waals surface area contributed by atoms with Crippen LogP contribution in [0.3, 0.4) is 0 Å². The minimum atomic E-state index is -0.284. The molecular formula is C19H15N5O. The third-order valence-electron chi connectivity index (χ3n) is 3.74. The molecule has 122 valence electrons. The molecule has 2 aromatic heterocycles. The van der Waals surface area contributed by atoms with Crippen molar-refractivity contribution in [2.45, 2.75) is 0 Å². The van der Waals surface area contributed by atoms with E-state index >= 15 is 0 Å². The zero-order valence-electron chi connectivity index (χ0n) is 13.3. The number of aromatic amines is 1. The van der Waals surface area contributed by atoms with Gasteiger partial charge in [-0.1, -0.05) is 48.5 Å². The molecule has 1 amide bonds. The molecule has 2 aromatic carbocycles. The largest absolute Gasteiger partial charge is 0.331 e. The Hall–Kier alpha value is -3.67. The van der Waals surface area contributed by atoms with Gasteiger partial charge in [0.15, 0.2) is 0 Å². The van der Waals surface area contributed by atoms with Crippen LogP contribution >= 0.6 is 0 Å². The molecule has 4 aromatic rings. The fourth-order valence-electron chi connectivity index (χ4n) is 2.56. The smallest absolute Gasteiger partial charge is 0.276 e. The van der Waals surface area contributed by atoms with Crippen LogP contribution in [0, 0.1) is 0 Å². The van der Waals surface area contributed by atoms with Gasteiger partial charge in [-0.2, -0.15) is 5.10 Å². The highest BCUT2D eigenvalue weighted by atomic mass is 16.2. The first-order chi connectivity index (χ1) is 12.3. The van der Waals surface area contributed by atoms with E-state index < -0.39 is 0 Å². The Morgan fingerprint density at radius 3 is 2.40 bits per heavy atom. The van der Waals surface area contributed by atoms with Gasteiger partial charge in [0.05, 0.1) is 11.4 Å². The average molecular weight is 329 g/mol. The van der Waals surface area contributed by atoms with Crippen LogP contribution in [-0.4, -0.2) is 25.7 Å². The number of para-hydroxylation sites is 1. The lowest BCUT2D eigenvalue weighted by atomic mass is 10.1. The lowest BCUT2D eigenvalue weighted by molar-refractivity contribution is 0.101. The number of hydrogen-bond donors (Lipinski definition) is 2. The first kappa shape index (κ1) is 14.9. The summed E-state index contributed by atoms with van der Waals surface area (Å²) in [5.41, 5.74) is 2.93. The Balaban J connectivity index is 1.78. The second kappa shape index (κ2) is 6.45. The van der Waals surface area contributed by atoms with E-state index in [1.54, 1.807) is 23.1 Å². The van der Waals surface area contributed by atoms with Crippen LogP contribution in [0.25, 0.3) is 16.9 Å².